The first kappa shape index (κ1) is 18.3. The van der Waals surface area contributed by atoms with E-state index in [1.54, 1.807) is 0 Å². The van der Waals surface area contributed by atoms with Crippen molar-refractivity contribution in [2.45, 2.75) is 31.2 Å². The molecule has 0 radical (unpaired) electrons. The van der Waals surface area contributed by atoms with Crippen LogP contribution < -0.4 is 5.73 Å². The van der Waals surface area contributed by atoms with Crippen LogP contribution in [0.15, 0.2) is 62.3 Å². The van der Waals surface area contributed by atoms with Crippen molar-refractivity contribution in [2.75, 3.05) is 0 Å². The summed E-state index contributed by atoms with van der Waals surface area (Å²) in [7, 11) is 0. The van der Waals surface area contributed by atoms with Crippen LogP contribution in [0, 0.1) is 0 Å². The van der Waals surface area contributed by atoms with Gasteiger partial charge in [0.15, 0.2) is 0 Å². The minimum atomic E-state index is -0.374. The molecule has 2 heteroatoms. The molecule has 0 amide bonds. The lowest BCUT2D eigenvalue weighted by Crippen LogP contribution is -2.40. The second-order valence-electron chi connectivity index (χ2n) is 3.89. The first-order valence-corrected chi connectivity index (χ1v) is 5.56. The van der Waals surface area contributed by atoms with Gasteiger partial charge in [-0.1, -0.05) is 30.4 Å². The lowest BCUT2D eigenvalue weighted by molar-refractivity contribution is 0.501. The van der Waals surface area contributed by atoms with E-state index in [9.17, 15) is 0 Å². The average molecular weight is 254 g/mol. The van der Waals surface area contributed by atoms with Crippen LogP contribution >= 0.6 is 12.4 Å². The normalized spacial score (nSPS) is 11.2. The number of hydrogen-bond donors (Lipinski definition) is 1. The molecule has 0 spiro atoms. The lowest BCUT2D eigenvalue weighted by Gasteiger charge is -2.30. The predicted molar refractivity (Wildman–Crippen MR) is 81.5 cm³/mol. The molecule has 0 aliphatic rings. The highest BCUT2D eigenvalue weighted by Crippen LogP contribution is 2.26. The van der Waals surface area contributed by atoms with E-state index in [4.69, 9.17) is 5.73 Å². The van der Waals surface area contributed by atoms with Crippen LogP contribution in [0.25, 0.3) is 0 Å². The van der Waals surface area contributed by atoms with Gasteiger partial charge in [-0.15, -0.1) is 38.7 Å². The predicted octanol–water partition coefficient (Wildman–Crippen LogP) is 4.34. The topological polar surface area (TPSA) is 26.0 Å². The SMILES string of the molecule is C=CCC=C(CC=C)C(N)(CC=C)CC=C.Cl. The summed E-state index contributed by atoms with van der Waals surface area (Å²) < 4.78 is 0. The summed E-state index contributed by atoms with van der Waals surface area (Å²) >= 11 is 0. The first-order chi connectivity index (χ1) is 7.64. The molecule has 0 heterocycles. The van der Waals surface area contributed by atoms with Gasteiger partial charge in [-0.2, -0.15) is 0 Å². The van der Waals surface area contributed by atoms with Gasteiger partial charge in [0.2, 0.25) is 0 Å². The molecule has 2 N–H and O–H groups in total. The maximum atomic E-state index is 6.40. The Balaban J connectivity index is 0. The third-order valence-electron chi connectivity index (χ3n) is 2.55. The molecule has 0 aliphatic carbocycles. The van der Waals surface area contributed by atoms with Crippen molar-refractivity contribution in [3.63, 3.8) is 0 Å². The van der Waals surface area contributed by atoms with Gasteiger partial charge >= 0.3 is 0 Å². The molecule has 0 aromatic heterocycles. The fourth-order valence-electron chi connectivity index (χ4n) is 1.73. The van der Waals surface area contributed by atoms with Crippen LogP contribution in [-0.4, -0.2) is 5.54 Å². The highest BCUT2D eigenvalue weighted by atomic mass is 35.5. The molecule has 0 aliphatic heterocycles. The van der Waals surface area contributed by atoms with Crippen LogP contribution in [0.5, 0.6) is 0 Å². The third kappa shape index (κ3) is 6.30. The summed E-state index contributed by atoms with van der Waals surface area (Å²) in [6, 6.07) is 0. The van der Waals surface area contributed by atoms with E-state index < -0.39 is 0 Å². The number of nitrogens with two attached hydrogens (primary N) is 1. The van der Waals surface area contributed by atoms with E-state index in [0.717, 1.165) is 25.7 Å². The van der Waals surface area contributed by atoms with Crippen LogP contribution in [-0.2, 0) is 0 Å². The van der Waals surface area contributed by atoms with E-state index in [0.29, 0.717) is 0 Å². The fourth-order valence-corrected chi connectivity index (χ4v) is 1.73. The molecule has 0 saturated heterocycles. The van der Waals surface area contributed by atoms with Crippen molar-refractivity contribution < 1.29 is 0 Å². The Morgan fingerprint density at radius 3 is 1.82 bits per heavy atom. The van der Waals surface area contributed by atoms with Gasteiger partial charge in [-0.05, 0) is 31.3 Å². The Kier molecular flexibility index (Phi) is 10.9. The average Bonchev–Trinajstić information content (AvgIpc) is 2.24. The van der Waals surface area contributed by atoms with E-state index in [1.165, 1.54) is 5.57 Å². The van der Waals surface area contributed by atoms with Gasteiger partial charge in [0.05, 0.1) is 0 Å². The smallest absolute Gasteiger partial charge is 0.0441 e. The van der Waals surface area contributed by atoms with Crippen LogP contribution in [0.2, 0.25) is 0 Å². The maximum Gasteiger partial charge on any atom is 0.0441 e. The van der Waals surface area contributed by atoms with Crippen molar-refractivity contribution in [1.29, 1.82) is 0 Å². The molecule has 0 bridgehead atoms. The molecule has 1 nitrogen and oxygen atoms in total. The standard InChI is InChI=1S/C15H23N.ClH/c1-5-9-11-14(10-6-2)15(16,12-7-3)13-8-4;/h5-8,11H,1-4,9-10,12-13,16H2;1H. The Morgan fingerprint density at radius 2 is 1.47 bits per heavy atom. The van der Waals surface area contributed by atoms with Gasteiger partial charge in [0.1, 0.15) is 0 Å². The highest BCUT2D eigenvalue weighted by molar-refractivity contribution is 5.85. The highest BCUT2D eigenvalue weighted by Gasteiger charge is 2.25. The summed E-state index contributed by atoms with van der Waals surface area (Å²) in [4.78, 5) is 0. The molecule has 96 valence electrons. The monoisotopic (exact) mass is 253 g/mol. The number of allylic oxidation sites excluding steroid dienone is 3. The second kappa shape index (κ2) is 10.1. The summed E-state index contributed by atoms with van der Waals surface area (Å²) in [5.41, 5.74) is 7.21. The van der Waals surface area contributed by atoms with Gasteiger partial charge in [0.25, 0.3) is 0 Å². The third-order valence-corrected chi connectivity index (χ3v) is 2.55. The van der Waals surface area contributed by atoms with Crippen LogP contribution in [0.3, 0.4) is 0 Å². The number of rotatable bonds is 9. The first-order valence-electron chi connectivity index (χ1n) is 5.56. The molecule has 0 unspecified atom stereocenters. The van der Waals surface area contributed by atoms with E-state index in [1.807, 2.05) is 24.3 Å². The van der Waals surface area contributed by atoms with Crippen molar-refractivity contribution in [2.24, 2.45) is 5.73 Å². The van der Waals surface area contributed by atoms with Gasteiger partial charge in [0, 0.05) is 5.54 Å². The molecule has 0 aromatic rings. The molecular formula is C15H24ClN. The van der Waals surface area contributed by atoms with Crippen molar-refractivity contribution in [1.82, 2.24) is 0 Å². The molecule has 0 saturated carbocycles. The summed E-state index contributed by atoms with van der Waals surface area (Å²) in [5.74, 6) is 0. The van der Waals surface area contributed by atoms with Gasteiger partial charge in [-0.3, -0.25) is 0 Å². The zero-order valence-corrected chi connectivity index (χ0v) is 11.3. The maximum absolute atomic E-state index is 6.40. The summed E-state index contributed by atoms with van der Waals surface area (Å²) in [6.07, 6.45) is 12.7. The molecule has 0 atom stereocenters. The van der Waals surface area contributed by atoms with Crippen molar-refractivity contribution in [3.8, 4) is 0 Å². The van der Waals surface area contributed by atoms with E-state index in [2.05, 4.69) is 32.4 Å². The Bertz CT molecular complexity index is 279. The van der Waals surface area contributed by atoms with E-state index >= 15 is 0 Å². The minimum absolute atomic E-state index is 0. The number of hydrogen-bond acceptors (Lipinski definition) is 1. The molecule has 0 rings (SSSR count). The quantitative estimate of drug-likeness (QED) is 0.608. The largest absolute Gasteiger partial charge is 0.321 e. The number of halogens is 1. The summed E-state index contributed by atoms with van der Waals surface area (Å²) in [5, 5.41) is 0. The van der Waals surface area contributed by atoms with Crippen LogP contribution in [0.4, 0.5) is 0 Å². The fraction of sp³-hybridized carbons (Fsp3) is 0.333. The van der Waals surface area contributed by atoms with Crippen LogP contribution in [0.1, 0.15) is 25.7 Å². The zero-order chi connectivity index (χ0) is 12.4. The molecule has 0 fully saturated rings. The Hall–Kier alpha value is -1.05. The van der Waals surface area contributed by atoms with Gasteiger partial charge in [-0.25, -0.2) is 0 Å². The van der Waals surface area contributed by atoms with Gasteiger partial charge < -0.3 is 5.73 Å². The minimum Gasteiger partial charge on any atom is -0.321 e. The molecule has 17 heavy (non-hydrogen) atoms. The van der Waals surface area contributed by atoms with Crippen molar-refractivity contribution in [3.05, 3.63) is 62.3 Å². The lowest BCUT2D eigenvalue weighted by atomic mass is 9.82. The zero-order valence-electron chi connectivity index (χ0n) is 10.5. The van der Waals surface area contributed by atoms with Crippen molar-refractivity contribution >= 4 is 12.4 Å². The Labute approximate surface area is 112 Å². The van der Waals surface area contributed by atoms with E-state index in [-0.39, 0.29) is 17.9 Å². The molecule has 0 aromatic carbocycles. The summed E-state index contributed by atoms with van der Waals surface area (Å²) in [6.45, 7) is 15.0. The molecular weight excluding hydrogens is 230 g/mol. The second-order valence-corrected chi connectivity index (χ2v) is 3.89. The Morgan fingerprint density at radius 1 is 0.941 bits per heavy atom.